The molecule has 1 aromatic rings. The van der Waals surface area contributed by atoms with E-state index in [0.717, 1.165) is 48.1 Å². The predicted molar refractivity (Wildman–Crippen MR) is 84.8 cm³/mol. The normalized spacial score (nSPS) is 15.8. The maximum absolute atomic E-state index is 13.1. The van der Waals surface area contributed by atoms with E-state index in [1.165, 1.54) is 4.88 Å². The Morgan fingerprint density at radius 3 is 3.14 bits per heavy atom. The highest BCUT2D eigenvalue weighted by Crippen LogP contribution is 2.36. The molecular weight excluding hydrogens is 289 g/mol. The minimum absolute atomic E-state index is 0.423. The van der Waals surface area contributed by atoms with Crippen LogP contribution in [0.1, 0.15) is 16.0 Å². The van der Waals surface area contributed by atoms with Crippen LogP contribution < -0.4 is 5.32 Å². The van der Waals surface area contributed by atoms with Gasteiger partial charge in [0.1, 0.15) is 11.1 Å². The average Bonchev–Trinajstić information content (AvgIpc) is 2.84. The number of hydrogen-bond acceptors (Lipinski definition) is 6. The van der Waals surface area contributed by atoms with Crippen LogP contribution in [0.15, 0.2) is 22.0 Å². The molecular formula is C14H16FN5S. The Labute approximate surface area is 127 Å². The lowest BCUT2D eigenvalue weighted by Gasteiger charge is -2.24. The molecule has 1 N–H and O–H groups in total. The highest BCUT2D eigenvalue weighted by Gasteiger charge is 2.23. The van der Waals surface area contributed by atoms with Gasteiger partial charge in [-0.25, -0.2) is 4.39 Å². The van der Waals surface area contributed by atoms with E-state index in [2.05, 4.69) is 33.0 Å². The van der Waals surface area contributed by atoms with Gasteiger partial charge in [-0.05, 0) is 18.7 Å². The molecule has 1 aliphatic heterocycles. The summed E-state index contributed by atoms with van der Waals surface area (Å²) in [6.07, 6.45) is 2.99. The zero-order valence-corrected chi connectivity index (χ0v) is 12.6. The van der Waals surface area contributed by atoms with Crippen LogP contribution in [0.4, 0.5) is 9.39 Å². The van der Waals surface area contributed by atoms with Crippen molar-refractivity contribution in [2.75, 3.05) is 25.6 Å². The number of allylic oxidation sites excluding steroid dienone is 1. The van der Waals surface area contributed by atoms with E-state index < -0.39 is 5.83 Å². The lowest BCUT2D eigenvalue weighted by molar-refractivity contribution is 0.266. The lowest BCUT2D eigenvalue weighted by atomic mass is 10.0. The molecule has 0 atom stereocenters. The van der Waals surface area contributed by atoms with Gasteiger partial charge in [0, 0.05) is 25.0 Å². The van der Waals surface area contributed by atoms with Gasteiger partial charge in [0.15, 0.2) is 5.83 Å². The molecule has 0 unspecified atom stereocenters. The van der Waals surface area contributed by atoms with Gasteiger partial charge >= 0.3 is 0 Å². The Morgan fingerprint density at radius 2 is 2.48 bits per heavy atom. The van der Waals surface area contributed by atoms with E-state index in [4.69, 9.17) is 0 Å². The second-order valence-electron chi connectivity index (χ2n) is 4.52. The van der Waals surface area contributed by atoms with Gasteiger partial charge in [0.2, 0.25) is 0 Å². The Balaban J connectivity index is 2.04. The molecule has 110 valence electrons. The lowest BCUT2D eigenvalue weighted by Crippen LogP contribution is -2.30. The zero-order valence-electron chi connectivity index (χ0n) is 11.8. The summed E-state index contributed by atoms with van der Waals surface area (Å²) < 4.78 is 13.1. The summed E-state index contributed by atoms with van der Waals surface area (Å²) in [7, 11) is 1.82. The van der Waals surface area contributed by atoms with Crippen LogP contribution in [-0.2, 0) is 13.0 Å². The summed E-state index contributed by atoms with van der Waals surface area (Å²) in [4.78, 5) is 10.7. The van der Waals surface area contributed by atoms with Crippen LogP contribution in [0.2, 0.25) is 0 Å². The van der Waals surface area contributed by atoms with Crippen LogP contribution >= 0.6 is 11.3 Å². The second-order valence-corrected chi connectivity index (χ2v) is 5.63. The molecule has 1 aliphatic rings. The third kappa shape index (κ3) is 3.54. The number of aliphatic imine (C=N–C) groups is 2. The van der Waals surface area contributed by atoms with Crippen molar-refractivity contribution in [2.45, 2.75) is 13.0 Å². The quantitative estimate of drug-likeness (QED) is 0.850. The number of nitriles is 1. The molecule has 2 heterocycles. The molecule has 7 heteroatoms. The number of fused-ring (bicyclic) bond motifs is 1. The molecule has 0 aromatic carbocycles. The fourth-order valence-corrected chi connectivity index (χ4v) is 3.43. The molecule has 0 saturated heterocycles. The van der Waals surface area contributed by atoms with Crippen LogP contribution in [0.25, 0.3) is 0 Å². The molecule has 5 nitrogen and oxygen atoms in total. The van der Waals surface area contributed by atoms with E-state index in [0.29, 0.717) is 6.67 Å². The van der Waals surface area contributed by atoms with Crippen molar-refractivity contribution in [3.05, 3.63) is 28.0 Å². The van der Waals surface area contributed by atoms with Gasteiger partial charge in [-0.3, -0.25) is 14.9 Å². The number of hydrogen-bond donors (Lipinski definition) is 1. The van der Waals surface area contributed by atoms with Gasteiger partial charge < -0.3 is 5.32 Å². The van der Waals surface area contributed by atoms with Crippen molar-refractivity contribution < 1.29 is 4.39 Å². The number of thiophene rings is 1. The average molecular weight is 305 g/mol. The van der Waals surface area contributed by atoms with Crippen molar-refractivity contribution in [3.8, 4) is 6.07 Å². The summed E-state index contributed by atoms with van der Waals surface area (Å²) in [5.41, 5.74) is 1.89. The summed E-state index contributed by atoms with van der Waals surface area (Å²) in [5, 5.41) is 13.2. The van der Waals surface area contributed by atoms with E-state index >= 15 is 0 Å². The Bertz CT molecular complexity index is 626. The highest BCUT2D eigenvalue weighted by molar-refractivity contribution is 7.16. The van der Waals surface area contributed by atoms with Crippen LogP contribution in [0.5, 0.6) is 0 Å². The molecule has 1 aromatic heterocycles. The van der Waals surface area contributed by atoms with Gasteiger partial charge in [0.05, 0.1) is 24.6 Å². The summed E-state index contributed by atoms with van der Waals surface area (Å²) in [5.74, 6) is -0.511. The first-order valence-electron chi connectivity index (χ1n) is 6.45. The van der Waals surface area contributed by atoms with Crippen molar-refractivity contribution >= 4 is 29.3 Å². The number of anilines is 1. The van der Waals surface area contributed by atoms with Crippen molar-refractivity contribution in [2.24, 2.45) is 9.98 Å². The smallest absolute Gasteiger partial charge is 0.159 e. The molecule has 0 amide bonds. The van der Waals surface area contributed by atoms with Gasteiger partial charge in [0.25, 0.3) is 0 Å². The largest absolute Gasteiger partial charge is 0.379 e. The van der Waals surface area contributed by atoms with Crippen molar-refractivity contribution in [1.82, 2.24) is 4.90 Å². The minimum Gasteiger partial charge on any atom is -0.379 e. The van der Waals surface area contributed by atoms with Crippen LogP contribution in [0.3, 0.4) is 0 Å². The first kappa shape index (κ1) is 15.4. The van der Waals surface area contributed by atoms with E-state index in [1.54, 1.807) is 11.3 Å². The van der Waals surface area contributed by atoms with E-state index in [-0.39, 0.29) is 0 Å². The minimum atomic E-state index is -0.511. The predicted octanol–water partition coefficient (Wildman–Crippen LogP) is 2.56. The maximum atomic E-state index is 13.1. The van der Waals surface area contributed by atoms with Crippen LogP contribution in [0, 0.1) is 11.3 Å². The number of nitrogens with zero attached hydrogens (tertiary/aromatic N) is 4. The topological polar surface area (TPSA) is 63.8 Å². The van der Waals surface area contributed by atoms with Gasteiger partial charge in [-0.2, -0.15) is 5.26 Å². The van der Waals surface area contributed by atoms with Crippen LogP contribution in [-0.4, -0.2) is 38.1 Å². The first-order chi connectivity index (χ1) is 10.2. The molecule has 0 saturated carbocycles. The van der Waals surface area contributed by atoms with Gasteiger partial charge in [-0.1, -0.05) is 0 Å². The molecule has 0 bridgehead atoms. The molecule has 0 radical (unpaired) electrons. The Morgan fingerprint density at radius 1 is 1.67 bits per heavy atom. The fraction of sp³-hybridized carbons (Fsp3) is 0.357. The SMILES string of the molecule is C=N/C=C(F)\C=N/CN1CCc2c(sc(NC)c2C#N)C1. The fourth-order valence-electron chi connectivity index (χ4n) is 2.24. The first-order valence-corrected chi connectivity index (χ1v) is 7.27. The van der Waals surface area contributed by atoms with Crippen molar-refractivity contribution in [3.63, 3.8) is 0 Å². The second kappa shape index (κ2) is 7.11. The standard InChI is InChI=1S/C14H16FN5S/c1-17-6-10(15)7-19-9-20-4-3-11-12(5-16)14(18-2)21-13(11)8-20/h6-7,18H,1,3-4,8-9H2,2H3/b10-6+,19-7-. The third-order valence-electron chi connectivity index (χ3n) is 3.19. The number of rotatable bonds is 5. The van der Waals surface area contributed by atoms with E-state index in [9.17, 15) is 9.65 Å². The monoisotopic (exact) mass is 305 g/mol. The third-order valence-corrected chi connectivity index (χ3v) is 4.42. The Hall–Kier alpha value is -2.04. The zero-order chi connectivity index (χ0) is 15.2. The number of nitrogens with one attached hydrogen (secondary N) is 1. The van der Waals surface area contributed by atoms with E-state index in [1.807, 2.05) is 7.05 Å². The molecule has 0 fully saturated rings. The Kier molecular flexibility index (Phi) is 5.20. The highest BCUT2D eigenvalue weighted by atomic mass is 32.1. The maximum Gasteiger partial charge on any atom is 0.159 e. The van der Waals surface area contributed by atoms with Crippen molar-refractivity contribution in [1.29, 1.82) is 5.26 Å². The number of halogens is 1. The van der Waals surface area contributed by atoms with Gasteiger partial charge in [-0.15, -0.1) is 11.3 Å². The molecule has 2 rings (SSSR count). The molecule has 21 heavy (non-hydrogen) atoms. The molecule has 0 aliphatic carbocycles. The summed E-state index contributed by atoms with van der Waals surface area (Å²) >= 11 is 1.60. The molecule has 0 spiro atoms. The summed E-state index contributed by atoms with van der Waals surface area (Å²) in [6, 6.07) is 2.27. The summed E-state index contributed by atoms with van der Waals surface area (Å²) in [6.45, 7) is 5.15.